The average Bonchev–Trinajstić information content (AvgIpc) is 2.49. The third-order valence-corrected chi connectivity index (χ3v) is 8.93. The van der Waals surface area contributed by atoms with Crippen LogP contribution in [0.15, 0.2) is 6.07 Å². The molecule has 1 rings (SSSR count). The lowest BCUT2D eigenvalue weighted by molar-refractivity contribution is -0.141. The van der Waals surface area contributed by atoms with E-state index in [1.807, 2.05) is 13.1 Å². The SMILES string of the molecule is CCOC(=O)c1c(OCCO[Si](C)(C)C(C)(C)C)cc(C(F)(F)F)nc1N. The monoisotopic (exact) mass is 408 g/mol. The zero-order valence-electron chi connectivity index (χ0n) is 16.5. The Kier molecular flexibility index (Phi) is 7.28. The number of nitrogens with two attached hydrogens (primary N) is 1. The minimum Gasteiger partial charge on any atom is -0.490 e. The van der Waals surface area contributed by atoms with E-state index in [0.29, 0.717) is 6.07 Å². The molecule has 0 aliphatic carbocycles. The van der Waals surface area contributed by atoms with Gasteiger partial charge in [0.25, 0.3) is 0 Å². The zero-order chi connectivity index (χ0) is 21.0. The number of rotatable bonds is 7. The number of nitrogen functional groups attached to an aromatic ring is 1. The Morgan fingerprint density at radius 2 is 1.81 bits per heavy atom. The molecule has 27 heavy (non-hydrogen) atoms. The number of hydrogen-bond acceptors (Lipinski definition) is 6. The molecule has 0 aliphatic rings. The lowest BCUT2D eigenvalue weighted by Gasteiger charge is -2.36. The van der Waals surface area contributed by atoms with Crippen LogP contribution >= 0.6 is 0 Å². The van der Waals surface area contributed by atoms with Gasteiger partial charge in [-0.25, -0.2) is 9.78 Å². The maximum Gasteiger partial charge on any atom is 0.433 e. The summed E-state index contributed by atoms with van der Waals surface area (Å²) >= 11 is 0. The van der Waals surface area contributed by atoms with Crippen molar-refractivity contribution in [3.63, 3.8) is 0 Å². The van der Waals surface area contributed by atoms with Crippen molar-refractivity contribution >= 4 is 20.1 Å². The van der Waals surface area contributed by atoms with Gasteiger partial charge in [-0.3, -0.25) is 0 Å². The highest BCUT2D eigenvalue weighted by atomic mass is 28.4. The van der Waals surface area contributed by atoms with Gasteiger partial charge in [0.2, 0.25) is 0 Å². The number of ether oxygens (including phenoxy) is 2. The van der Waals surface area contributed by atoms with Crippen molar-refractivity contribution in [3.8, 4) is 5.75 Å². The van der Waals surface area contributed by atoms with Gasteiger partial charge in [0.05, 0.1) is 13.2 Å². The number of alkyl halides is 3. The number of pyridine rings is 1. The first-order chi connectivity index (χ1) is 12.2. The first-order valence-corrected chi connectivity index (χ1v) is 11.4. The van der Waals surface area contributed by atoms with Gasteiger partial charge in [-0.1, -0.05) is 20.8 Å². The molecule has 0 spiro atoms. The Balaban J connectivity index is 3.03. The molecule has 0 aliphatic heterocycles. The van der Waals surface area contributed by atoms with Crippen molar-refractivity contribution in [2.75, 3.05) is 25.6 Å². The van der Waals surface area contributed by atoms with Crippen LogP contribution < -0.4 is 10.5 Å². The fraction of sp³-hybridized carbons (Fsp3) is 0.647. The molecule has 10 heteroatoms. The summed E-state index contributed by atoms with van der Waals surface area (Å²) < 4.78 is 55.1. The van der Waals surface area contributed by atoms with Crippen LogP contribution in [0, 0.1) is 0 Å². The number of esters is 1. The van der Waals surface area contributed by atoms with E-state index in [0.717, 1.165) is 0 Å². The lowest BCUT2D eigenvalue weighted by atomic mass is 10.2. The molecular formula is C17H27F3N2O4Si. The molecule has 0 fully saturated rings. The minimum absolute atomic E-state index is 0.0202. The largest absolute Gasteiger partial charge is 0.490 e. The summed E-state index contributed by atoms with van der Waals surface area (Å²) in [4.78, 5) is 15.3. The molecule has 0 aromatic carbocycles. The Labute approximate surface area is 158 Å². The second-order valence-corrected chi connectivity index (χ2v) is 12.3. The second kappa shape index (κ2) is 8.47. The first-order valence-electron chi connectivity index (χ1n) is 8.52. The number of nitrogens with zero attached hydrogens (tertiary/aromatic N) is 1. The Hall–Kier alpha value is -1.81. The van der Waals surface area contributed by atoms with E-state index in [1.165, 1.54) is 0 Å². The fourth-order valence-electron chi connectivity index (χ4n) is 1.87. The molecule has 0 atom stereocenters. The van der Waals surface area contributed by atoms with Gasteiger partial charge in [0.1, 0.15) is 23.7 Å². The van der Waals surface area contributed by atoms with E-state index < -0.39 is 32.0 Å². The van der Waals surface area contributed by atoms with Crippen LogP contribution in [0.4, 0.5) is 19.0 Å². The molecule has 1 heterocycles. The number of hydrogen-bond donors (Lipinski definition) is 1. The van der Waals surface area contributed by atoms with Crippen LogP contribution in [0.3, 0.4) is 0 Å². The fourth-order valence-corrected chi connectivity index (χ4v) is 2.90. The van der Waals surface area contributed by atoms with Gasteiger partial charge in [-0.05, 0) is 25.1 Å². The third-order valence-electron chi connectivity index (χ3n) is 4.39. The summed E-state index contributed by atoms with van der Waals surface area (Å²) in [6.45, 7) is 12.0. The number of anilines is 1. The van der Waals surface area contributed by atoms with Gasteiger partial charge < -0.3 is 19.6 Å². The van der Waals surface area contributed by atoms with Gasteiger partial charge in [-0.15, -0.1) is 0 Å². The smallest absolute Gasteiger partial charge is 0.433 e. The molecule has 0 unspecified atom stereocenters. The van der Waals surface area contributed by atoms with Crippen LogP contribution in [-0.2, 0) is 15.3 Å². The molecule has 6 nitrogen and oxygen atoms in total. The predicted octanol–water partition coefficient (Wildman–Crippen LogP) is 4.26. The molecule has 1 aromatic heterocycles. The van der Waals surface area contributed by atoms with Crippen molar-refractivity contribution in [1.82, 2.24) is 4.98 Å². The summed E-state index contributed by atoms with van der Waals surface area (Å²) in [5.74, 6) is -1.81. The number of carbonyl (C=O) groups excluding carboxylic acids is 1. The molecule has 0 bridgehead atoms. The Morgan fingerprint density at radius 1 is 1.22 bits per heavy atom. The van der Waals surface area contributed by atoms with E-state index in [-0.39, 0.29) is 36.2 Å². The Bertz CT molecular complexity index is 673. The normalized spacial score (nSPS) is 12.8. The van der Waals surface area contributed by atoms with E-state index >= 15 is 0 Å². The minimum atomic E-state index is -4.73. The van der Waals surface area contributed by atoms with E-state index in [2.05, 4.69) is 25.8 Å². The number of carbonyl (C=O) groups is 1. The quantitative estimate of drug-likeness (QED) is 0.412. The third kappa shape index (κ3) is 6.10. The van der Waals surface area contributed by atoms with Crippen molar-refractivity contribution in [1.29, 1.82) is 0 Å². The zero-order valence-corrected chi connectivity index (χ0v) is 17.5. The van der Waals surface area contributed by atoms with Crippen LogP contribution in [0.5, 0.6) is 5.75 Å². The maximum atomic E-state index is 13.0. The highest BCUT2D eigenvalue weighted by Crippen LogP contribution is 2.37. The highest BCUT2D eigenvalue weighted by Gasteiger charge is 2.37. The summed E-state index contributed by atoms with van der Waals surface area (Å²) in [6, 6.07) is 0.648. The van der Waals surface area contributed by atoms with Gasteiger partial charge in [-0.2, -0.15) is 13.2 Å². The first kappa shape index (κ1) is 23.2. The predicted molar refractivity (Wildman–Crippen MR) is 98.3 cm³/mol. The van der Waals surface area contributed by atoms with Crippen molar-refractivity contribution in [3.05, 3.63) is 17.3 Å². The lowest BCUT2D eigenvalue weighted by Crippen LogP contribution is -2.41. The molecular weight excluding hydrogens is 381 g/mol. The topological polar surface area (TPSA) is 83.7 Å². The molecule has 1 aromatic rings. The average molecular weight is 408 g/mol. The Morgan fingerprint density at radius 3 is 2.30 bits per heavy atom. The highest BCUT2D eigenvalue weighted by molar-refractivity contribution is 6.74. The summed E-state index contributed by atoms with van der Waals surface area (Å²) in [5, 5.41) is -0.0202. The molecule has 2 N–H and O–H groups in total. The van der Waals surface area contributed by atoms with Gasteiger partial charge >= 0.3 is 12.1 Å². The standard InChI is InChI=1S/C17H27F3N2O4Si/c1-7-24-15(23)13-11(10-12(17(18,19)20)22-14(13)21)25-8-9-26-27(5,6)16(2,3)4/h10H,7-9H2,1-6H3,(H2,21,22). The summed E-state index contributed by atoms with van der Waals surface area (Å²) in [7, 11) is -2.03. The maximum absolute atomic E-state index is 13.0. The molecule has 0 radical (unpaired) electrons. The summed E-state index contributed by atoms with van der Waals surface area (Å²) in [6.07, 6.45) is -4.73. The van der Waals surface area contributed by atoms with Crippen LogP contribution in [0.2, 0.25) is 18.1 Å². The van der Waals surface area contributed by atoms with Crippen molar-refractivity contribution in [2.24, 2.45) is 0 Å². The number of aromatic nitrogens is 1. The van der Waals surface area contributed by atoms with Crippen LogP contribution in [0.1, 0.15) is 43.7 Å². The molecule has 154 valence electrons. The van der Waals surface area contributed by atoms with Crippen LogP contribution in [-0.4, -0.2) is 39.1 Å². The van der Waals surface area contributed by atoms with E-state index in [1.54, 1.807) is 6.92 Å². The van der Waals surface area contributed by atoms with E-state index in [4.69, 9.17) is 19.6 Å². The van der Waals surface area contributed by atoms with Crippen LogP contribution in [0.25, 0.3) is 0 Å². The molecule has 0 saturated heterocycles. The van der Waals surface area contributed by atoms with Crippen molar-refractivity contribution in [2.45, 2.75) is 52.0 Å². The molecule has 0 amide bonds. The van der Waals surface area contributed by atoms with E-state index in [9.17, 15) is 18.0 Å². The number of halogens is 3. The van der Waals surface area contributed by atoms with Gasteiger partial charge in [0.15, 0.2) is 14.0 Å². The van der Waals surface area contributed by atoms with Gasteiger partial charge in [0, 0.05) is 6.07 Å². The summed E-state index contributed by atoms with van der Waals surface area (Å²) in [5.41, 5.74) is 4.00. The van der Waals surface area contributed by atoms with Crippen molar-refractivity contribution < 1.29 is 31.9 Å². The molecule has 0 saturated carbocycles. The second-order valence-electron chi connectivity index (χ2n) is 7.44.